The second kappa shape index (κ2) is 5.63. The first-order valence-electron chi connectivity index (χ1n) is 7.22. The van der Waals surface area contributed by atoms with Crippen molar-refractivity contribution in [3.05, 3.63) is 29.3 Å². The van der Waals surface area contributed by atoms with Gasteiger partial charge in [-0.3, -0.25) is 4.79 Å². The Hall–Kier alpha value is -1.47. The fraction of sp³-hybridized carbons (Fsp3) is 0.533. The second-order valence-electron chi connectivity index (χ2n) is 6.27. The summed E-state index contributed by atoms with van der Waals surface area (Å²) in [7, 11) is -0.987. The summed E-state index contributed by atoms with van der Waals surface area (Å²) in [5.74, 6) is -2.66. The highest BCUT2D eigenvalue weighted by atomic mass is 19.1. The largest absolute Gasteiger partial charge is 0.497 e. The van der Waals surface area contributed by atoms with Gasteiger partial charge in [0.15, 0.2) is 0 Å². The van der Waals surface area contributed by atoms with E-state index in [1.807, 2.05) is 27.7 Å². The average Bonchev–Trinajstić information content (AvgIpc) is 2.58. The summed E-state index contributed by atoms with van der Waals surface area (Å²) in [5, 5.41) is 2.39. The molecule has 1 N–H and O–H groups in total. The van der Waals surface area contributed by atoms with Crippen LogP contribution in [0.25, 0.3) is 0 Å². The first kappa shape index (κ1) is 16.9. The lowest BCUT2D eigenvalue weighted by molar-refractivity contribution is 0.00578. The van der Waals surface area contributed by atoms with E-state index >= 15 is 0 Å². The zero-order valence-electron chi connectivity index (χ0n) is 13.4. The summed E-state index contributed by atoms with van der Waals surface area (Å²) in [6.45, 7) is 9.28. The number of carbonyl (C=O) groups excluding carboxylic acids is 1. The van der Waals surface area contributed by atoms with Crippen LogP contribution in [0.1, 0.15) is 45.0 Å². The van der Waals surface area contributed by atoms with Crippen molar-refractivity contribution in [2.45, 2.75) is 45.8 Å². The SMILES string of the molecule is CCNC(=O)c1c(F)ccc(B2OC(C)(C)C(C)(C)O2)c1F. The van der Waals surface area contributed by atoms with Crippen LogP contribution < -0.4 is 10.8 Å². The van der Waals surface area contributed by atoms with Gasteiger partial charge in [-0.1, -0.05) is 6.07 Å². The molecule has 0 saturated carbocycles. The van der Waals surface area contributed by atoms with Gasteiger partial charge in [-0.2, -0.15) is 0 Å². The fourth-order valence-corrected chi connectivity index (χ4v) is 2.18. The minimum Gasteiger partial charge on any atom is -0.399 e. The maximum absolute atomic E-state index is 14.6. The van der Waals surface area contributed by atoms with E-state index in [1.54, 1.807) is 6.92 Å². The molecule has 0 aromatic heterocycles. The molecule has 1 aromatic carbocycles. The van der Waals surface area contributed by atoms with Crippen molar-refractivity contribution in [3.8, 4) is 0 Å². The Labute approximate surface area is 129 Å². The molecule has 0 atom stereocenters. The standard InChI is InChI=1S/C15H20BF2NO3/c1-6-19-13(20)11-10(17)8-7-9(12(11)18)16-21-14(2,3)15(4,5)22-16/h7-8H,6H2,1-5H3,(H,19,20). The van der Waals surface area contributed by atoms with Crippen molar-refractivity contribution >= 4 is 18.5 Å². The Morgan fingerprint density at radius 1 is 1.18 bits per heavy atom. The Kier molecular flexibility index (Phi) is 4.32. The zero-order valence-corrected chi connectivity index (χ0v) is 13.4. The number of hydrogen-bond donors (Lipinski definition) is 1. The molecule has 1 fully saturated rings. The molecule has 1 heterocycles. The molecule has 1 saturated heterocycles. The summed E-state index contributed by atoms with van der Waals surface area (Å²) in [6, 6.07) is 2.30. The lowest BCUT2D eigenvalue weighted by atomic mass is 9.77. The molecular weight excluding hydrogens is 291 g/mol. The van der Waals surface area contributed by atoms with Crippen LogP contribution in [0.15, 0.2) is 12.1 Å². The molecule has 0 aliphatic carbocycles. The van der Waals surface area contributed by atoms with E-state index in [4.69, 9.17) is 9.31 Å². The van der Waals surface area contributed by atoms with Crippen LogP contribution in [0.3, 0.4) is 0 Å². The van der Waals surface area contributed by atoms with Crippen LogP contribution in [0, 0.1) is 11.6 Å². The van der Waals surface area contributed by atoms with Gasteiger partial charge in [-0.25, -0.2) is 8.78 Å². The first-order valence-corrected chi connectivity index (χ1v) is 7.22. The fourth-order valence-electron chi connectivity index (χ4n) is 2.18. The van der Waals surface area contributed by atoms with E-state index in [2.05, 4.69) is 5.32 Å². The van der Waals surface area contributed by atoms with Crippen molar-refractivity contribution in [2.24, 2.45) is 0 Å². The molecule has 120 valence electrons. The lowest BCUT2D eigenvalue weighted by Crippen LogP contribution is -2.41. The number of halogens is 2. The summed E-state index contributed by atoms with van der Waals surface area (Å²) in [4.78, 5) is 11.8. The number of benzene rings is 1. The molecule has 2 rings (SSSR count). The zero-order chi connectivity index (χ0) is 16.7. The molecule has 7 heteroatoms. The van der Waals surface area contributed by atoms with Gasteiger partial charge in [0, 0.05) is 12.0 Å². The van der Waals surface area contributed by atoms with Gasteiger partial charge < -0.3 is 14.6 Å². The van der Waals surface area contributed by atoms with Crippen LogP contribution in [-0.2, 0) is 9.31 Å². The van der Waals surface area contributed by atoms with Crippen molar-refractivity contribution in [2.75, 3.05) is 6.54 Å². The Bertz CT molecular complexity index is 589. The van der Waals surface area contributed by atoms with Crippen LogP contribution >= 0.6 is 0 Å². The van der Waals surface area contributed by atoms with Gasteiger partial charge >= 0.3 is 7.12 Å². The molecule has 1 aliphatic heterocycles. The molecule has 1 aliphatic rings. The van der Waals surface area contributed by atoms with Gasteiger partial charge in [0.2, 0.25) is 0 Å². The summed E-state index contributed by atoms with van der Waals surface area (Å²) < 4.78 is 39.9. The number of nitrogens with one attached hydrogen (secondary N) is 1. The monoisotopic (exact) mass is 311 g/mol. The Balaban J connectivity index is 2.42. The Morgan fingerprint density at radius 2 is 1.73 bits per heavy atom. The molecule has 4 nitrogen and oxygen atoms in total. The highest BCUT2D eigenvalue weighted by molar-refractivity contribution is 6.62. The third kappa shape index (κ3) is 2.75. The van der Waals surface area contributed by atoms with Gasteiger partial charge in [-0.05, 0) is 40.7 Å². The predicted molar refractivity (Wildman–Crippen MR) is 80.1 cm³/mol. The molecule has 1 amide bonds. The van der Waals surface area contributed by atoms with Gasteiger partial charge in [0.25, 0.3) is 5.91 Å². The minimum absolute atomic E-state index is 0.0151. The van der Waals surface area contributed by atoms with E-state index < -0.39 is 41.4 Å². The van der Waals surface area contributed by atoms with E-state index in [0.717, 1.165) is 6.07 Å². The highest BCUT2D eigenvalue weighted by Crippen LogP contribution is 2.36. The first-order chi connectivity index (χ1) is 10.1. The van der Waals surface area contributed by atoms with Crippen LogP contribution in [0.5, 0.6) is 0 Å². The highest BCUT2D eigenvalue weighted by Gasteiger charge is 2.52. The van der Waals surface area contributed by atoms with E-state index in [-0.39, 0.29) is 12.0 Å². The van der Waals surface area contributed by atoms with Crippen molar-refractivity contribution in [1.29, 1.82) is 0 Å². The summed E-state index contributed by atoms with van der Waals surface area (Å²) >= 11 is 0. The second-order valence-corrected chi connectivity index (χ2v) is 6.27. The maximum Gasteiger partial charge on any atom is 0.497 e. The number of amides is 1. The lowest BCUT2D eigenvalue weighted by Gasteiger charge is -2.32. The quantitative estimate of drug-likeness (QED) is 0.869. The average molecular weight is 311 g/mol. The molecule has 1 aromatic rings. The van der Waals surface area contributed by atoms with Crippen LogP contribution in [-0.4, -0.2) is 30.8 Å². The number of hydrogen-bond acceptors (Lipinski definition) is 3. The van der Waals surface area contributed by atoms with Crippen molar-refractivity contribution < 1.29 is 22.9 Å². The number of rotatable bonds is 3. The van der Waals surface area contributed by atoms with E-state index in [1.165, 1.54) is 6.07 Å². The molecule has 0 unspecified atom stereocenters. The smallest absolute Gasteiger partial charge is 0.399 e. The van der Waals surface area contributed by atoms with Crippen molar-refractivity contribution in [3.63, 3.8) is 0 Å². The van der Waals surface area contributed by atoms with Crippen molar-refractivity contribution in [1.82, 2.24) is 5.32 Å². The maximum atomic E-state index is 14.6. The molecule has 0 radical (unpaired) electrons. The third-order valence-corrected chi connectivity index (χ3v) is 4.19. The Morgan fingerprint density at radius 3 is 2.23 bits per heavy atom. The molecular formula is C15H20BF2NO3. The van der Waals surface area contributed by atoms with Crippen LogP contribution in [0.2, 0.25) is 0 Å². The van der Waals surface area contributed by atoms with E-state index in [0.29, 0.717) is 0 Å². The minimum atomic E-state index is -0.987. The summed E-state index contributed by atoms with van der Waals surface area (Å²) in [6.07, 6.45) is 0. The molecule has 0 spiro atoms. The predicted octanol–water partition coefficient (Wildman–Crippen LogP) is 2.01. The van der Waals surface area contributed by atoms with Crippen LogP contribution in [0.4, 0.5) is 8.78 Å². The number of carbonyl (C=O) groups is 1. The normalized spacial score (nSPS) is 19.3. The molecule has 22 heavy (non-hydrogen) atoms. The third-order valence-electron chi connectivity index (χ3n) is 4.19. The van der Waals surface area contributed by atoms with Gasteiger partial charge in [0.05, 0.1) is 11.2 Å². The van der Waals surface area contributed by atoms with Gasteiger partial charge in [0.1, 0.15) is 17.2 Å². The topological polar surface area (TPSA) is 47.6 Å². The van der Waals surface area contributed by atoms with E-state index in [9.17, 15) is 13.6 Å². The van der Waals surface area contributed by atoms with Gasteiger partial charge in [-0.15, -0.1) is 0 Å². The molecule has 0 bridgehead atoms. The summed E-state index contributed by atoms with van der Waals surface area (Å²) in [5.41, 5.74) is -1.90.